The minimum Gasteiger partial charge on any atom is -0.429 e. The van der Waals surface area contributed by atoms with Crippen LogP contribution in [0.5, 0.6) is 0 Å². The van der Waals surface area contributed by atoms with E-state index in [0.717, 1.165) is 22.3 Å². The molecule has 1 saturated heterocycles. The summed E-state index contributed by atoms with van der Waals surface area (Å²) in [6.45, 7) is 6.72. The Kier molecular flexibility index (Phi) is 7.69. The molecule has 0 saturated carbocycles. The van der Waals surface area contributed by atoms with Crippen molar-refractivity contribution in [3.63, 3.8) is 0 Å². The first-order chi connectivity index (χ1) is 15.2. The standard InChI is InChI=1S/C25H27Cl2NO4/c1-4-5-18-10-16(2)23(17(3)11-18)24-19(29)12-25(13-20(24)32-22(31)15-27)6-8-28(9-7-25)21(30)14-26/h10-11H,6-9,12-15H2,1-3H3. The van der Waals surface area contributed by atoms with E-state index in [2.05, 4.69) is 11.8 Å². The first-order valence-electron chi connectivity index (χ1n) is 10.6. The van der Waals surface area contributed by atoms with Gasteiger partial charge in [0.05, 0.1) is 5.57 Å². The zero-order valence-corrected chi connectivity index (χ0v) is 20.2. The highest BCUT2D eigenvalue weighted by Gasteiger charge is 2.44. The van der Waals surface area contributed by atoms with Crippen LogP contribution in [0.15, 0.2) is 17.9 Å². The van der Waals surface area contributed by atoms with Crippen molar-refractivity contribution in [3.8, 4) is 11.8 Å². The molecule has 3 rings (SSSR count). The number of hydrogen-bond acceptors (Lipinski definition) is 4. The third-order valence-electron chi connectivity index (χ3n) is 6.32. The lowest BCUT2D eigenvalue weighted by Crippen LogP contribution is -2.46. The van der Waals surface area contributed by atoms with Crippen molar-refractivity contribution >= 4 is 46.4 Å². The fourth-order valence-electron chi connectivity index (χ4n) is 4.85. The van der Waals surface area contributed by atoms with Gasteiger partial charge in [-0.3, -0.25) is 14.4 Å². The minimum atomic E-state index is -0.581. The predicted octanol–water partition coefficient (Wildman–Crippen LogP) is 4.38. The van der Waals surface area contributed by atoms with Gasteiger partial charge in [0, 0.05) is 31.5 Å². The molecule has 1 fully saturated rings. The predicted molar refractivity (Wildman–Crippen MR) is 125 cm³/mol. The summed E-state index contributed by atoms with van der Waals surface area (Å²) >= 11 is 11.4. The van der Waals surface area contributed by atoms with Gasteiger partial charge in [-0.2, -0.15) is 0 Å². The smallest absolute Gasteiger partial charge is 0.325 e. The van der Waals surface area contributed by atoms with E-state index in [1.54, 1.807) is 11.8 Å². The first kappa shape index (κ1) is 24.4. The van der Waals surface area contributed by atoms with Crippen molar-refractivity contribution in [1.82, 2.24) is 4.90 Å². The number of amides is 1. The van der Waals surface area contributed by atoms with Crippen LogP contribution in [-0.2, 0) is 19.1 Å². The van der Waals surface area contributed by atoms with Crippen molar-refractivity contribution in [2.75, 3.05) is 24.8 Å². The lowest BCUT2D eigenvalue weighted by Gasteiger charge is -2.44. The molecular weight excluding hydrogens is 449 g/mol. The third-order valence-corrected chi connectivity index (χ3v) is 6.76. The zero-order valence-electron chi connectivity index (χ0n) is 18.6. The Hall–Kier alpha value is -2.29. The van der Waals surface area contributed by atoms with E-state index in [9.17, 15) is 14.4 Å². The third kappa shape index (κ3) is 5.03. The molecule has 7 heteroatoms. The molecule has 0 aromatic heterocycles. The lowest BCUT2D eigenvalue weighted by atomic mass is 9.66. The van der Waals surface area contributed by atoms with E-state index in [-0.39, 0.29) is 28.9 Å². The molecule has 170 valence electrons. The molecule has 1 heterocycles. The highest BCUT2D eigenvalue weighted by Crippen LogP contribution is 2.48. The monoisotopic (exact) mass is 475 g/mol. The number of carbonyl (C=O) groups excluding carboxylic acids is 3. The Morgan fingerprint density at radius 3 is 2.25 bits per heavy atom. The van der Waals surface area contributed by atoms with Crippen molar-refractivity contribution in [3.05, 3.63) is 40.1 Å². The number of nitrogens with zero attached hydrogens (tertiary/aromatic N) is 1. The normalized spacial score (nSPS) is 17.8. The Morgan fingerprint density at radius 1 is 1.09 bits per heavy atom. The van der Waals surface area contributed by atoms with Crippen molar-refractivity contribution in [2.45, 2.75) is 46.5 Å². The molecule has 0 atom stereocenters. The SMILES string of the molecule is CC#Cc1cc(C)c(C2=C(OC(=O)CCl)CC3(CCN(C(=O)CCl)CC3)CC2=O)c(C)c1. The van der Waals surface area contributed by atoms with Crippen LogP contribution in [0.2, 0.25) is 0 Å². The average molecular weight is 476 g/mol. The Balaban J connectivity index is 2.03. The Morgan fingerprint density at radius 2 is 1.72 bits per heavy atom. The number of aryl methyl sites for hydroxylation is 2. The van der Waals surface area contributed by atoms with Gasteiger partial charge < -0.3 is 9.64 Å². The van der Waals surface area contributed by atoms with Crippen LogP contribution >= 0.6 is 23.2 Å². The highest BCUT2D eigenvalue weighted by molar-refractivity contribution is 6.27. The number of piperidine rings is 1. The molecule has 1 amide bonds. The van der Waals surface area contributed by atoms with Gasteiger partial charge in [-0.1, -0.05) is 5.92 Å². The Labute approximate surface area is 199 Å². The van der Waals surface area contributed by atoms with Gasteiger partial charge in [-0.15, -0.1) is 29.1 Å². The second-order valence-electron chi connectivity index (χ2n) is 8.56. The molecule has 1 aliphatic carbocycles. The van der Waals surface area contributed by atoms with Gasteiger partial charge in [0.2, 0.25) is 5.91 Å². The number of halogens is 2. The van der Waals surface area contributed by atoms with Crippen LogP contribution in [0.25, 0.3) is 5.57 Å². The van der Waals surface area contributed by atoms with Gasteiger partial charge >= 0.3 is 5.97 Å². The number of rotatable bonds is 4. The molecular formula is C25H27Cl2NO4. The first-order valence-corrected chi connectivity index (χ1v) is 11.7. The molecule has 1 aliphatic heterocycles. The number of esters is 1. The molecule has 1 aromatic carbocycles. The van der Waals surface area contributed by atoms with E-state index < -0.39 is 5.97 Å². The van der Waals surface area contributed by atoms with Crippen LogP contribution in [-0.4, -0.2) is 47.4 Å². The number of hydrogen-bond donors (Lipinski definition) is 0. The van der Waals surface area contributed by atoms with Gasteiger partial charge in [-0.05, 0) is 67.9 Å². The minimum absolute atomic E-state index is 0.0498. The molecule has 2 aliphatic rings. The summed E-state index contributed by atoms with van der Waals surface area (Å²) in [5.74, 6) is 5.25. The maximum Gasteiger partial charge on any atom is 0.325 e. The molecule has 5 nitrogen and oxygen atoms in total. The maximum absolute atomic E-state index is 13.5. The summed E-state index contributed by atoms with van der Waals surface area (Å²) in [5.41, 5.74) is 3.59. The molecule has 0 unspecified atom stereocenters. The summed E-state index contributed by atoms with van der Waals surface area (Å²) in [6, 6.07) is 3.89. The van der Waals surface area contributed by atoms with Crippen LogP contribution in [0.1, 0.15) is 54.9 Å². The molecule has 0 radical (unpaired) electrons. The van der Waals surface area contributed by atoms with Crippen LogP contribution < -0.4 is 0 Å². The quantitative estimate of drug-likeness (QED) is 0.368. The summed E-state index contributed by atoms with van der Waals surface area (Å²) < 4.78 is 5.65. The van der Waals surface area contributed by atoms with Crippen molar-refractivity contribution < 1.29 is 19.1 Å². The van der Waals surface area contributed by atoms with Crippen molar-refractivity contribution in [2.24, 2.45) is 5.41 Å². The van der Waals surface area contributed by atoms with Gasteiger partial charge in [-0.25, -0.2) is 0 Å². The zero-order chi connectivity index (χ0) is 23.5. The van der Waals surface area contributed by atoms with Gasteiger partial charge in [0.25, 0.3) is 0 Å². The molecule has 0 N–H and O–H groups in total. The number of carbonyl (C=O) groups is 3. The van der Waals surface area contributed by atoms with Crippen molar-refractivity contribution in [1.29, 1.82) is 0 Å². The maximum atomic E-state index is 13.5. The number of alkyl halides is 2. The van der Waals surface area contributed by atoms with Crippen LogP contribution in [0.3, 0.4) is 0 Å². The highest BCUT2D eigenvalue weighted by atomic mass is 35.5. The molecule has 1 aromatic rings. The van der Waals surface area contributed by atoms with E-state index in [1.807, 2.05) is 26.0 Å². The average Bonchev–Trinajstić information content (AvgIpc) is 2.75. The van der Waals surface area contributed by atoms with E-state index in [4.69, 9.17) is 27.9 Å². The topological polar surface area (TPSA) is 63.7 Å². The molecule has 0 bridgehead atoms. The lowest BCUT2D eigenvalue weighted by molar-refractivity contribution is -0.137. The summed E-state index contributed by atoms with van der Waals surface area (Å²) in [7, 11) is 0. The van der Waals surface area contributed by atoms with Gasteiger partial charge in [0.1, 0.15) is 17.5 Å². The van der Waals surface area contributed by atoms with Crippen LogP contribution in [0.4, 0.5) is 0 Å². The number of ketones is 1. The second kappa shape index (κ2) is 10.1. The Bertz CT molecular complexity index is 1020. The van der Waals surface area contributed by atoms with Crippen LogP contribution in [0, 0.1) is 31.1 Å². The van der Waals surface area contributed by atoms with Gasteiger partial charge in [0.15, 0.2) is 5.78 Å². The van der Waals surface area contributed by atoms with E-state index in [0.29, 0.717) is 50.1 Å². The summed E-state index contributed by atoms with van der Waals surface area (Å²) in [5, 5.41) is 0. The number of likely N-dealkylation sites (tertiary alicyclic amines) is 1. The number of ether oxygens (including phenoxy) is 1. The largest absolute Gasteiger partial charge is 0.429 e. The fraction of sp³-hybridized carbons (Fsp3) is 0.480. The number of allylic oxidation sites excluding steroid dienone is 2. The van der Waals surface area contributed by atoms with E-state index >= 15 is 0 Å². The summed E-state index contributed by atoms with van der Waals surface area (Å²) in [4.78, 5) is 39.4. The van der Waals surface area contributed by atoms with E-state index in [1.165, 1.54) is 0 Å². The molecule has 1 spiro atoms. The molecule has 32 heavy (non-hydrogen) atoms. The summed E-state index contributed by atoms with van der Waals surface area (Å²) in [6.07, 6.45) is 2.11. The number of benzene rings is 1. The number of Topliss-reactive ketones (excluding diaryl/α,β-unsaturated/α-hetero) is 1. The fourth-order valence-corrected chi connectivity index (χ4v) is 5.07. The second-order valence-corrected chi connectivity index (χ2v) is 9.09.